The number of rotatable bonds is 6. The summed E-state index contributed by atoms with van der Waals surface area (Å²) in [6, 6.07) is 0. The molecular formula is C16H25NO4. The predicted molar refractivity (Wildman–Crippen MR) is 80.7 cm³/mol. The Morgan fingerprint density at radius 1 is 1.38 bits per heavy atom. The molecule has 0 aromatic carbocycles. The van der Waals surface area contributed by atoms with Crippen molar-refractivity contribution in [2.75, 3.05) is 7.11 Å². The Kier molecular flexibility index (Phi) is 7.12. The number of nitrogens with zero attached hydrogens (tertiary/aromatic N) is 1. The Hall–Kier alpha value is -1.65. The van der Waals surface area contributed by atoms with Gasteiger partial charge < -0.3 is 9.57 Å². The molecule has 1 aliphatic carbocycles. The van der Waals surface area contributed by atoms with Gasteiger partial charge >= 0.3 is 11.9 Å². The molecule has 0 aliphatic heterocycles. The minimum atomic E-state index is -0.439. The second-order valence-electron chi connectivity index (χ2n) is 5.51. The number of methoxy groups -OCH3 is 1. The highest BCUT2D eigenvalue weighted by atomic mass is 16.7. The maximum atomic E-state index is 12.0. The van der Waals surface area contributed by atoms with Gasteiger partial charge in [-0.15, -0.1) is 0 Å². The third-order valence-electron chi connectivity index (χ3n) is 3.75. The first-order valence-corrected chi connectivity index (χ1v) is 7.50. The largest absolute Gasteiger partial charge is 0.469 e. The summed E-state index contributed by atoms with van der Waals surface area (Å²) in [6.07, 6.45) is 6.75. The predicted octanol–water partition coefficient (Wildman–Crippen LogP) is 3.24. The fourth-order valence-corrected chi connectivity index (χ4v) is 2.79. The number of allylic oxidation sites excluding steroid dienone is 1. The van der Waals surface area contributed by atoms with E-state index in [0.717, 1.165) is 31.3 Å². The van der Waals surface area contributed by atoms with Crippen LogP contribution in [0.15, 0.2) is 16.8 Å². The van der Waals surface area contributed by atoms with Gasteiger partial charge in [-0.05, 0) is 31.8 Å². The zero-order valence-corrected chi connectivity index (χ0v) is 13.3. The monoisotopic (exact) mass is 295 g/mol. The van der Waals surface area contributed by atoms with Gasteiger partial charge in [0.15, 0.2) is 0 Å². The summed E-state index contributed by atoms with van der Waals surface area (Å²) in [7, 11) is 1.42. The van der Waals surface area contributed by atoms with Gasteiger partial charge in [0.1, 0.15) is 0 Å². The molecule has 0 fully saturated rings. The molecule has 118 valence electrons. The summed E-state index contributed by atoms with van der Waals surface area (Å²) in [5.41, 5.74) is 1.63. The Morgan fingerprint density at radius 3 is 2.67 bits per heavy atom. The molecule has 5 nitrogen and oxygen atoms in total. The highest BCUT2D eigenvalue weighted by Crippen LogP contribution is 2.34. The third-order valence-corrected chi connectivity index (χ3v) is 3.75. The molecule has 0 bridgehead atoms. The zero-order chi connectivity index (χ0) is 15.8. The Balaban J connectivity index is 2.89. The van der Waals surface area contributed by atoms with Crippen molar-refractivity contribution in [1.29, 1.82) is 0 Å². The van der Waals surface area contributed by atoms with Crippen molar-refractivity contribution in [3.63, 3.8) is 0 Å². The van der Waals surface area contributed by atoms with Gasteiger partial charge in [-0.2, -0.15) is 0 Å². The first-order chi connectivity index (χ1) is 9.99. The molecule has 0 radical (unpaired) electrons. The highest BCUT2D eigenvalue weighted by molar-refractivity contribution is 5.98. The minimum absolute atomic E-state index is 0.156. The molecule has 5 heteroatoms. The van der Waals surface area contributed by atoms with Crippen molar-refractivity contribution in [1.82, 2.24) is 0 Å². The number of unbranched alkanes of at least 4 members (excludes halogenated alkanes) is 2. The first-order valence-electron chi connectivity index (χ1n) is 7.50. The van der Waals surface area contributed by atoms with Crippen LogP contribution < -0.4 is 0 Å². The standard InChI is InChI=1S/C16H25NO4/c1-5-6-7-8-13-10-14(17-21-12(3)18)9-11(2)15(13)16(19)20-4/h9,13,15H,5-8,10H2,1-4H3/b17-14-/t13-,15+/m0/s1. The van der Waals surface area contributed by atoms with Crippen LogP contribution in [0.25, 0.3) is 0 Å². The SMILES string of the molecule is CCCCC[C@H]1C/C(=N\OC(C)=O)C=C(C)[C@H]1C(=O)OC. The molecule has 21 heavy (non-hydrogen) atoms. The summed E-state index contributed by atoms with van der Waals surface area (Å²) in [5.74, 6) is -0.700. The van der Waals surface area contributed by atoms with Gasteiger partial charge in [0.2, 0.25) is 0 Å². The van der Waals surface area contributed by atoms with E-state index in [9.17, 15) is 9.59 Å². The van der Waals surface area contributed by atoms with E-state index in [1.807, 2.05) is 13.0 Å². The van der Waals surface area contributed by atoms with E-state index < -0.39 is 5.97 Å². The second kappa shape index (κ2) is 8.60. The molecular weight excluding hydrogens is 270 g/mol. The van der Waals surface area contributed by atoms with Crippen LogP contribution in [-0.4, -0.2) is 24.8 Å². The van der Waals surface area contributed by atoms with E-state index in [-0.39, 0.29) is 17.8 Å². The van der Waals surface area contributed by atoms with E-state index in [2.05, 4.69) is 12.1 Å². The molecule has 2 atom stereocenters. The van der Waals surface area contributed by atoms with E-state index in [1.54, 1.807) is 0 Å². The summed E-state index contributed by atoms with van der Waals surface area (Å²) in [4.78, 5) is 27.6. The lowest BCUT2D eigenvalue weighted by atomic mass is 9.75. The van der Waals surface area contributed by atoms with Gasteiger partial charge in [-0.3, -0.25) is 4.79 Å². The van der Waals surface area contributed by atoms with Crippen LogP contribution >= 0.6 is 0 Å². The Labute approximate surface area is 126 Å². The van der Waals surface area contributed by atoms with Crippen molar-refractivity contribution in [3.8, 4) is 0 Å². The van der Waals surface area contributed by atoms with E-state index in [0.29, 0.717) is 12.1 Å². The first kappa shape index (κ1) is 17.4. The molecule has 0 spiro atoms. The maximum Gasteiger partial charge on any atom is 0.331 e. The summed E-state index contributed by atoms with van der Waals surface area (Å²) in [5, 5.41) is 3.87. The molecule has 0 saturated heterocycles. The average molecular weight is 295 g/mol. The average Bonchev–Trinajstić information content (AvgIpc) is 2.44. The number of carbonyl (C=O) groups is 2. The van der Waals surface area contributed by atoms with Gasteiger partial charge in [-0.1, -0.05) is 36.9 Å². The van der Waals surface area contributed by atoms with Crippen LogP contribution in [0.1, 0.15) is 52.9 Å². The van der Waals surface area contributed by atoms with Crippen LogP contribution in [0, 0.1) is 11.8 Å². The molecule has 0 saturated carbocycles. The fraction of sp³-hybridized carbons (Fsp3) is 0.688. The van der Waals surface area contributed by atoms with E-state index in [4.69, 9.17) is 9.57 Å². The van der Waals surface area contributed by atoms with Crippen LogP contribution in [0.4, 0.5) is 0 Å². The number of oxime groups is 1. The van der Waals surface area contributed by atoms with Crippen molar-refractivity contribution < 1.29 is 19.2 Å². The Morgan fingerprint density at radius 2 is 2.10 bits per heavy atom. The van der Waals surface area contributed by atoms with Gasteiger partial charge in [0.05, 0.1) is 18.7 Å². The number of ether oxygens (including phenoxy) is 1. The van der Waals surface area contributed by atoms with Crippen LogP contribution in [-0.2, 0) is 19.2 Å². The maximum absolute atomic E-state index is 12.0. The smallest absolute Gasteiger partial charge is 0.331 e. The number of esters is 1. The van der Waals surface area contributed by atoms with Gasteiger partial charge in [0.25, 0.3) is 0 Å². The summed E-state index contributed by atoms with van der Waals surface area (Å²) >= 11 is 0. The Bertz CT molecular complexity index is 440. The van der Waals surface area contributed by atoms with Crippen molar-refractivity contribution >= 4 is 17.7 Å². The summed E-state index contributed by atoms with van der Waals surface area (Å²) < 4.78 is 4.93. The molecule has 1 rings (SSSR count). The van der Waals surface area contributed by atoms with Gasteiger partial charge in [-0.25, -0.2) is 4.79 Å². The normalized spacial score (nSPS) is 23.6. The van der Waals surface area contributed by atoms with Gasteiger partial charge in [0, 0.05) is 6.92 Å². The zero-order valence-electron chi connectivity index (χ0n) is 13.3. The van der Waals surface area contributed by atoms with E-state index >= 15 is 0 Å². The highest BCUT2D eigenvalue weighted by Gasteiger charge is 2.34. The topological polar surface area (TPSA) is 65.0 Å². The molecule has 0 heterocycles. The molecule has 0 aromatic heterocycles. The van der Waals surface area contributed by atoms with Crippen LogP contribution in [0.2, 0.25) is 0 Å². The van der Waals surface area contributed by atoms with E-state index in [1.165, 1.54) is 14.0 Å². The number of hydrogen-bond donors (Lipinski definition) is 0. The van der Waals surface area contributed by atoms with Crippen LogP contribution in [0.5, 0.6) is 0 Å². The van der Waals surface area contributed by atoms with Crippen molar-refractivity contribution in [2.45, 2.75) is 52.9 Å². The number of hydrogen-bond acceptors (Lipinski definition) is 5. The molecule has 1 aliphatic rings. The van der Waals surface area contributed by atoms with Crippen molar-refractivity contribution in [3.05, 3.63) is 11.6 Å². The molecule has 0 N–H and O–H groups in total. The van der Waals surface area contributed by atoms with Crippen LogP contribution in [0.3, 0.4) is 0 Å². The fourth-order valence-electron chi connectivity index (χ4n) is 2.79. The minimum Gasteiger partial charge on any atom is -0.469 e. The molecule has 0 aromatic rings. The quantitative estimate of drug-likeness (QED) is 0.326. The lowest BCUT2D eigenvalue weighted by Gasteiger charge is -2.29. The second-order valence-corrected chi connectivity index (χ2v) is 5.51. The lowest BCUT2D eigenvalue weighted by molar-refractivity contribution is -0.146. The molecule has 0 amide bonds. The van der Waals surface area contributed by atoms with Crippen molar-refractivity contribution in [2.24, 2.45) is 17.0 Å². The lowest BCUT2D eigenvalue weighted by Crippen LogP contribution is -2.31. The summed E-state index contributed by atoms with van der Waals surface area (Å²) in [6.45, 7) is 5.37. The molecule has 0 unspecified atom stereocenters. The number of carbonyl (C=O) groups excluding carboxylic acids is 2. The third kappa shape index (κ3) is 5.33.